The van der Waals surface area contributed by atoms with Crippen LogP contribution in [0, 0.1) is 6.92 Å². The van der Waals surface area contributed by atoms with E-state index in [0.717, 1.165) is 23.2 Å². The van der Waals surface area contributed by atoms with Crippen molar-refractivity contribution in [2.45, 2.75) is 31.5 Å². The normalized spacial score (nSPS) is 15.9. The highest BCUT2D eigenvalue weighted by molar-refractivity contribution is 7.99. The Morgan fingerprint density at radius 1 is 1.19 bits per heavy atom. The number of carbonyl (C=O) groups excluding carboxylic acids is 1. The van der Waals surface area contributed by atoms with E-state index < -0.39 is 0 Å². The second-order valence-electron chi connectivity index (χ2n) is 6.42. The zero-order valence-electron chi connectivity index (χ0n) is 14.7. The fourth-order valence-electron chi connectivity index (χ4n) is 3.33. The first kappa shape index (κ1) is 16.8. The molecule has 0 radical (unpaired) electrons. The number of hydrogen-bond acceptors (Lipinski definition) is 5. The second-order valence-corrected chi connectivity index (χ2v) is 7.35. The fourth-order valence-corrected chi connectivity index (χ4v) is 3.95. The number of anilines is 1. The molecule has 2 aromatic carbocycles. The molecule has 1 aliphatic rings. The zero-order chi connectivity index (χ0) is 18.1. The lowest BCUT2D eigenvalue weighted by molar-refractivity contribution is -0.116. The number of benzene rings is 2. The van der Waals surface area contributed by atoms with Gasteiger partial charge in [-0.2, -0.15) is 0 Å². The van der Waals surface area contributed by atoms with Gasteiger partial charge in [0.1, 0.15) is 0 Å². The molecule has 132 valence electrons. The van der Waals surface area contributed by atoms with Crippen LogP contribution in [0.15, 0.2) is 58.2 Å². The minimum absolute atomic E-state index is 0.0584. The molecule has 6 heteroatoms. The average molecular weight is 365 g/mol. The van der Waals surface area contributed by atoms with Gasteiger partial charge in [-0.3, -0.25) is 4.79 Å². The largest absolute Gasteiger partial charge is 0.411 e. The highest BCUT2D eigenvalue weighted by Gasteiger charge is 2.30. The van der Waals surface area contributed by atoms with Crippen LogP contribution < -0.4 is 4.90 Å². The Kier molecular flexibility index (Phi) is 4.51. The van der Waals surface area contributed by atoms with Gasteiger partial charge in [-0.1, -0.05) is 48.2 Å². The number of rotatable bonds is 4. The summed E-state index contributed by atoms with van der Waals surface area (Å²) in [4.78, 5) is 14.6. The molecular weight excluding hydrogens is 346 g/mol. The van der Waals surface area contributed by atoms with Crippen molar-refractivity contribution < 1.29 is 9.21 Å². The molecule has 0 fully saturated rings. The average Bonchev–Trinajstić information content (AvgIpc) is 3.23. The Bertz CT molecular complexity index is 953. The van der Waals surface area contributed by atoms with Gasteiger partial charge in [0.05, 0.1) is 5.75 Å². The van der Waals surface area contributed by atoms with Crippen molar-refractivity contribution >= 4 is 23.4 Å². The molecule has 0 spiro atoms. The summed E-state index contributed by atoms with van der Waals surface area (Å²) in [5, 5.41) is 8.60. The van der Waals surface area contributed by atoms with E-state index in [9.17, 15) is 4.79 Å². The molecule has 1 atom stereocenters. The van der Waals surface area contributed by atoms with E-state index >= 15 is 0 Å². The van der Waals surface area contributed by atoms with Gasteiger partial charge in [-0.15, -0.1) is 10.2 Å². The van der Waals surface area contributed by atoms with Crippen LogP contribution in [0.5, 0.6) is 0 Å². The lowest BCUT2D eigenvalue weighted by Gasteiger charge is -2.22. The van der Waals surface area contributed by atoms with Crippen molar-refractivity contribution in [3.63, 3.8) is 0 Å². The third-order valence-corrected chi connectivity index (χ3v) is 5.38. The molecule has 1 aromatic heterocycles. The standard InChI is InChI=1S/C20H19N3O2S/c1-13-7-3-5-9-16(13)19-21-22-20(25-19)26-12-18(24)23-14(2)11-15-8-4-6-10-17(15)23/h3-10,14H,11-12H2,1-2H3/t14-/m1/s1. The van der Waals surface area contributed by atoms with Gasteiger partial charge in [-0.05, 0) is 43.5 Å². The van der Waals surface area contributed by atoms with Crippen molar-refractivity contribution in [2.24, 2.45) is 0 Å². The Morgan fingerprint density at radius 3 is 2.81 bits per heavy atom. The van der Waals surface area contributed by atoms with E-state index in [-0.39, 0.29) is 17.7 Å². The molecular formula is C20H19N3O2S. The Balaban J connectivity index is 1.45. The van der Waals surface area contributed by atoms with Crippen molar-refractivity contribution in [2.75, 3.05) is 10.7 Å². The molecule has 1 amide bonds. The van der Waals surface area contributed by atoms with Crippen LogP contribution in [0.25, 0.3) is 11.5 Å². The van der Waals surface area contributed by atoms with Crippen LogP contribution in [0.3, 0.4) is 0 Å². The highest BCUT2D eigenvalue weighted by Crippen LogP contribution is 2.33. The summed E-state index contributed by atoms with van der Waals surface area (Å²) in [6.07, 6.45) is 0.893. The molecule has 26 heavy (non-hydrogen) atoms. The monoisotopic (exact) mass is 365 g/mol. The highest BCUT2D eigenvalue weighted by atomic mass is 32.2. The van der Waals surface area contributed by atoms with E-state index in [1.807, 2.05) is 54.3 Å². The predicted molar refractivity (Wildman–Crippen MR) is 102 cm³/mol. The molecule has 5 nitrogen and oxygen atoms in total. The number of amides is 1. The summed E-state index contributed by atoms with van der Waals surface area (Å²) in [5.74, 6) is 0.815. The van der Waals surface area contributed by atoms with Crippen molar-refractivity contribution in [1.82, 2.24) is 10.2 Å². The maximum absolute atomic E-state index is 12.7. The number of thioether (sulfide) groups is 1. The number of aryl methyl sites for hydroxylation is 1. The summed E-state index contributed by atoms with van der Waals surface area (Å²) in [7, 11) is 0. The van der Waals surface area contributed by atoms with Gasteiger partial charge in [-0.25, -0.2) is 0 Å². The summed E-state index contributed by atoms with van der Waals surface area (Å²) < 4.78 is 5.73. The first-order valence-corrected chi connectivity index (χ1v) is 9.54. The van der Waals surface area contributed by atoms with Crippen LogP contribution in [-0.2, 0) is 11.2 Å². The van der Waals surface area contributed by atoms with Crippen molar-refractivity contribution in [3.8, 4) is 11.5 Å². The Hall–Kier alpha value is -2.60. The number of carbonyl (C=O) groups is 1. The quantitative estimate of drug-likeness (QED) is 0.651. The number of nitrogens with zero attached hydrogens (tertiary/aromatic N) is 3. The second kappa shape index (κ2) is 6.96. The molecule has 0 unspecified atom stereocenters. The number of fused-ring (bicyclic) bond motifs is 1. The minimum atomic E-state index is 0.0584. The van der Waals surface area contributed by atoms with Gasteiger partial charge < -0.3 is 9.32 Å². The summed E-state index contributed by atoms with van der Waals surface area (Å²) >= 11 is 1.28. The third-order valence-electron chi connectivity index (χ3n) is 4.58. The molecule has 2 heterocycles. The Morgan fingerprint density at radius 2 is 1.96 bits per heavy atom. The maximum Gasteiger partial charge on any atom is 0.277 e. The van der Waals surface area contributed by atoms with Crippen LogP contribution in [-0.4, -0.2) is 27.9 Å². The molecule has 0 aliphatic carbocycles. The van der Waals surface area contributed by atoms with E-state index in [4.69, 9.17) is 4.42 Å². The molecule has 0 saturated heterocycles. The van der Waals surface area contributed by atoms with E-state index in [1.165, 1.54) is 17.3 Å². The summed E-state index contributed by atoms with van der Waals surface area (Å²) in [5.41, 5.74) is 4.22. The van der Waals surface area contributed by atoms with Crippen molar-refractivity contribution in [1.29, 1.82) is 0 Å². The topological polar surface area (TPSA) is 59.2 Å². The molecule has 1 aliphatic heterocycles. The molecule has 0 N–H and O–H groups in total. The van der Waals surface area contributed by atoms with E-state index in [1.54, 1.807) is 0 Å². The molecule has 4 rings (SSSR count). The van der Waals surface area contributed by atoms with Gasteiger partial charge >= 0.3 is 0 Å². The van der Waals surface area contributed by atoms with Crippen LogP contribution in [0.2, 0.25) is 0 Å². The maximum atomic E-state index is 12.7. The lowest BCUT2D eigenvalue weighted by atomic mass is 10.1. The summed E-state index contributed by atoms with van der Waals surface area (Å²) in [6.45, 7) is 4.08. The smallest absolute Gasteiger partial charge is 0.277 e. The van der Waals surface area contributed by atoms with Gasteiger partial charge in [0.2, 0.25) is 11.8 Å². The molecule has 3 aromatic rings. The number of aromatic nitrogens is 2. The first-order valence-electron chi connectivity index (χ1n) is 8.56. The van der Waals surface area contributed by atoms with E-state index in [0.29, 0.717) is 11.1 Å². The van der Waals surface area contributed by atoms with Crippen molar-refractivity contribution in [3.05, 3.63) is 59.7 Å². The van der Waals surface area contributed by atoms with Gasteiger partial charge in [0.25, 0.3) is 5.22 Å². The van der Waals surface area contributed by atoms with Gasteiger partial charge in [0.15, 0.2) is 0 Å². The van der Waals surface area contributed by atoms with E-state index in [2.05, 4.69) is 23.2 Å². The van der Waals surface area contributed by atoms with Crippen LogP contribution >= 0.6 is 11.8 Å². The number of para-hydroxylation sites is 1. The SMILES string of the molecule is Cc1ccccc1-c1nnc(SCC(=O)N2c3ccccc3C[C@H]2C)o1. The minimum Gasteiger partial charge on any atom is -0.411 e. The fraction of sp³-hybridized carbons (Fsp3) is 0.250. The zero-order valence-corrected chi connectivity index (χ0v) is 15.5. The van der Waals surface area contributed by atoms with Crippen LogP contribution in [0.1, 0.15) is 18.1 Å². The predicted octanol–water partition coefficient (Wildman–Crippen LogP) is 4.11. The molecule has 0 saturated carbocycles. The third kappa shape index (κ3) is 3.12. The lowest BCUT2D eigenvalue weighted by Crippen LogP contribution is -2.36. The first-order chi connectivity index (χ1) is 12.6. The number of hydrogen-bond donors (Lipinski definition) is 0. The van der Waals surface area contributed by atoms with Gasteiger partial charge in [0, 0.05) is 17.3 Å². The summed E-state index contributed by atoms with van der Waals surface area (Å²) in [6, 6.07) is 16.1. The Labute approximate surface area is 156 Å². The van der Waals surface area contributed by atoms with Crippen LogP contribution in [0.4, 0.5) is 5.69 Å². The molecule has 0 bridgehead atoms.